The van der Waals surface area contributed by atoms with Crippen LogP contribution in [0.1, 0.15) is 25.0 Å². The van der Waals surface area contributed by atoms with Gasteiger partial charge in [0.25, 0.3) is 0 Å². The maximum atomic E-state index is 12.7. The SMILES string of the molecule is CCc1ccc(NC(=O)[C@@H](C)Sc2cccc(C(F)(F)F)c2)cc1. The van der Waals surface area contributed by atoms with E-state index >= 15 is 0 Å². The van der Waals surface area contributed by atoms with Gasteiger partial charge in [0, 0.05) is 10.6 Å². The molecule has 0 heterocycles. The molecule has 0 radical (unpaired) electrons. The second kappa shape index (κ2) is 7.75. The van der Waals surface area contributed by atoms with Crippen LogP contribution >= 0.6 is 11.8 Å². The highest BCUT2D eigenvalue weighted by Gasteiger charge is 2.30. The number of thioether (sulfide) groups is 1. The van der Waals surface area contributed by atoms with Crippen molar-refractivity contribution in [1.29, 1.82) is 0 Å². The third-order valence-electron chi connectivity index (χ3n) is 3.47. The molecule has 0 spiro atoms. The second-order valence-corrected chi connectivity index (χ2v) is 6.74. The number of hydrogen-bond donors (Lipinski definition) is 1. The molecular weight excluding hydrogens is 335 g/mol. The lowest BCUT2D eigenvalue weighted by atomic mass is 10.1. The van der Waals surface area contributed by atoms with Crippen molar-refractivity contribution in [1.82, 2.24) is 0 Å². The number of hydrogen-bond acceptors (Lipinski definition) is 2. The average molecular weight is 353 g/mol. The molecule has 2 aromatic rings. The molecule has 6 heteroatoms. The minimum atomic E-state index is -4.39. The molecule has 24 heavy (non-hydrogen) atoms. The maximum Gasteiger partial charge on any atom is 0.416 e. The number of aryl methyl sites for hydroxylation is 1. The van der Waals surface area contributed by atoms with E-state index in [1.54, 1.807) is 13.0 Å². The summed E-state index contributed by atoms with van der Waals surface area (Å²) in [6.07, 6.45) is -3.47. The fourth-order valence-corrected chi connectivity index (χ4v) is 3.00. The lowest BCUT2D eigenvalue weighted by Crippen LogP contribution is -2.22. The van der Waals surface area contributed by atoms with Crippen LogP contribution in [-0.2, 0) is 17.4 Å². The molecule has 1 atom stereocenters. The van der Waals surface area contributed by atoms with E-state index in [1.165, 1.54) is 11.6 Å². The average Bonchev–Trinajstić information content (AvgIpc) is 2.55. The Labute approximate surface area is 143 Å². The number of nitrogens with one attached hydrogen (secondary N) is 1. The summed E-state index contributed by atoms with van der Waals surface area (Å²) >= 11 is 1.10. The summed E-state index contributed by atoms with van der Waals surface area (Å²) in [7, 11) is 0. The predicted molar refractivity (Wildman–Crippen MR) is 91.2 cm³/mol. The van der Waals surface area contributed by atoms with Gasteiger partial charge in [-0.2, -0.15) is 13.2 Å². The summed E-state index contributed by atoms with van der Waals surface area (Å²) in [6.45, 7) is 3.71. The Balaban J connectivity index is 2.00. The molecular formula is C18H18F3NOS. The molecule has 2 nitrogen and oxygen atoms in total. The van der Waals surface area contributed by atoms with E-state index in [4.69, 9.17) is 0 Å². The number of benzene rings is 2. The van der Waals surface area contributed by atoms with Crippen LogP contribution in [0.2, 0.25) is 0 Å². The third-order valence-corrected chi connectivity index (χ3v) is 4.57. The predicted octanol–water partition coefficient (Wildman–Crippen LogP) is 5.39. The standard InChI is InChI=1S/C18H18F3NOS/c1-3-13-7-9-15(10-8-13)22-17(23)12(2)24-16-6-4-5-14(11-16)18(19,20)21/h4-12H,3H2,1-2H3,(H,22,23)/t12-/m1/s1. The number of alkyl halides is 3. The van der Waals surface area contributed by atoms with E-state index in [0.29, 0.717) is 10.6 Å². The zero-order valence-corrected chi connectivity index (χ0v) is 14.2. The molecule has 1 N–H and O–H groups in total. The first-order chi connectivity index (χ1) is 11.3. The first-order valence-electron chi connectivity index (χ1n) is 7.53. The first kappa shape index (κ1) is 18.4. The highest BCUT2D eigenvalue weighted by molar-refractivity contribution is 8.00. The van der Waals surface area contributed by atoms with Crippen LogP contribution in [0.15, 0.2) is 53.4 Å². The number of amides is 1. The maximum absolute atomic E-state index is 12.7. The summed E-state index contributed by atoms with van der Waals surface area (Å²) in [6, 6.07) is 12.5. The van der Waals surface area contributed by atoms with Crippen molar-refractivity contribution >= 4 is 23.4 Å². The smallest absolute Gasteiger partial charge is 0.325 e. The van der Waals surface area contributed by atoms with Gasteiger partial charge in [-0.3, -0.25) is 4.79 Å². The van der Waals surface area contributed by atoms with Crippen molar-refractivity contribution in [2.45, 2.75) is 36.6 Å². The van der Waals surface area contributed by atoms with Crippen molar-refractivity contribution in [2.24, 2.45) is 0 Å². The van der Waals surface area contributed by atoms with Crippen LogP contribution < -0.4 is 5.32 Å². The van der Waals surface area contributed by atoms with Gasteiger partial charge >= 0.3 is 6.18 Å². The molecule has 0 fully saturated rings. The molecule has 0 aromatic heterocycles. The molecule has 0 aliphatic carbocycles. The highest BCUT2D eigenvalue weighted by atomic mass is 32.2. The van der Waals surface area contributed by atoms with E-state index < -0.39 is 17.0 Å². The molecule has 128 valence electrons. The van der Waals surface area contributed by atoms with Gasteiger partial charge in [0.15, 0.2) is 0 Å². The first-order valence-corrected chi connectivity index (χ1v) is 8.41. The van der Waals surface area contributed by atoms with Gasteiger partial charge < -0.3 is 5.32 Å². The topological polar surface area (TPSA) is 29.1 Å². The van der Waals surface area contributed by atoms with Crippen LogP contribution in [0.4, 0.5) is 18.9 Å². The van der Waals surface area contributed by atoms with E-state index in [0.717, 1.165) is 30.3 Å². The summed E-state index contributed by atoms with van der Waals surface area (Å²) in [5.41, 5.74) is 1.13. The number of carbonyl (C=O) groups excluding carboxylic acids is 1. The molecule has 1 amide bonds. The van der Waals surface area contributed by atoms with Gasteiger partial charge in [0.1, 0.15) is 0 Å². The van der Waals surface area contributed by atoms with Crippen LogP contribution in [0, 0.1) is 0 Å². The number of halogens is 3. The summed E-state index contributed by atoms with van der Waals surface area (Å²) in [5, 5.41) is 2.26. The van der Waals surface area contributed by atoms with Gasteiger partial charge in [0.05, 0.1) is 10.8 Å². The van der Waals surface area contributed by atoms with E-state index in [2.05, 4.69) is 5.32 Å². The lowest BCUT2D eigenvalue weighted by molar-refractivity contribution is -0.137. The Morgan fingerprint density at radius 3 is 2.42 bits per heavy atom. The van der Waals surface area contributed by atoms with E-state index in [9.17, 15) is 18.0 Å². The van der Waals surface area contributed by atoms with Crippen LogP contribution in [-0.4, -0.2) is 11.2 Å². The Morgan fingerprint density at radius 2 is 1.83 bits per heavy atom. The van der Waals surface area contributed by atoms with Crippen LogP contribution in [0.3, 0.4) is 0 Å². The Bertz CT molecular complexity index is 698. The largest absolute Gasteiger partial charge is 0.416 e. The fraction of sp³-hybridized carbons (Fsp3) is 0.278. The van der Waals surface area contributed by atoms with Gasteiger partial charge in [-0.05, 0) is 49.2 Å². The van der Waals surface area contributed by atoms with Gasteiger partial charge in [-0.25, -0.2) is 0 Å². The van der Waals surface area contributed by atoms with E-state index in [1.807, 2.05) is 31.2 Å². The lowest BCUT2D eigenvalue weighted by Gasteiger charge is -2.13. The summed E-state index contributed by atoms with van der Waals surface area (Å²) in [5.74, 6) is -0.248. The Kier molecular flexibility index (Phi) is 5.94. The minimum absolute atomic E-state index is 0.248. The zero-order valence-electron chi connectivity index (χ0n) is 13.4. The number of rotatable bonds is 5. The van der Waals surface area contributed by atoms with Crippen molar-refractivity contribution in [2.75, 3.05) is 5.32 Å². The van der Waals surface area contributed by atoms with Gasteiger partial charge in [-0.15, -0.1) is 11.8 Å². The van der Waals surface area contributed by atoms with Gasteiger partial charge in [-0.1, -0.05) is 25.1 Å². The summed E-state index contributed by atoms with van der Waals surface area (Å²) < 4.78 is 38.2. The minimum Gasteiger partial charge on any atom is -0.325 e. The van der Waals surface area contributed by atoms with E-state index in [-0.39, 0.29) is 5.91 Å². The molecule has 2 rings (SSSR count). The zero-order chi connectivity index (χ0) is 17.7. The van der Waals surface area contributed by atoms with Crippen molar-refractivity contribution in [3.8, 4) is 0 Å². The van der Waals surface area contributed by atoms with Crippen LogP contribution in [0.5, 0.6) is 0 Å². The molecule has 0 aliphatic heterocycles. The normalized spacial score (nSPS) is 12.7. The molecule has 0 bridgehead atoms. The molecule has 0 aliphatic rings. The molecule has 0 saturated heterocycles. The molecule has 0 unspecified atom stereocenters. The summed E-state index contributed by atoms with van der Waals surface area (Å²) in [4.78, 5) is 12.6. The monoisotopic (exact) mass is 353 g/mol. The van der Waals surface area contributed by atoms with Gasteiger partial charge in [0.2, 0.25) is 5.91 Å². The Hall–Kier alpha value is -1.95. The number of carbonyl (C=O) groups is 1. The second-order valence-electron chi connectivity index (χ2n) is 5.33. The van der Waals surface area contributed by atoms with Crippen molar-refractivity contribution in [3.05, 3.63) is 59.7 Å². The van der Waals surface area contributed by atoms with Crippen LogP contribution in [0.25, 0.3) is 0 Å². The van der Waals surface area contributed by atoms with Crippen molar-refractivity contribution < 1.29 is 18.0 Å². The fourth-order valence-electron chi connectivity index (χ4n) is 2.07. The quantitative estimate of drug-likeness (QED) is 0.731. The third kappa shape index (κ3) is 5.03. The molecule has 2 aromatic carbocycles. The van der Waals surface area contributed by atoms with Crippen molar-refractivity contribution in [3.63, 3.8) is 0 Å². The Morgan fingerprint density at radius 1 is 1.17 bits per heavy atom. The molecule has 0 saturated carbocycles. The number of anilines is 1. The highest BCUT2D eigenvalue weighted by Crippen LogP contribution is 2.33.